The SMILES string of the molecule is O=C(C[C@@H](c1ccccc1)c1ccc(Cl)cc1)c1ccccc1. The van der Waals surface area contributed by atoms with Gasteiger partial charge < -0.3 is 0 Å². The van der Waals surface area contributed by atoms with Gasteiger partial charge in [0.05, 0.1) is 0 Å². The molecule has 0 heterocycles. The Bertz CT molecular complexity index is 764. The summed E-state index contributed by atoms with van der Waals surface area (Å²) in [7, 11) is 0. The Morgan fingerprint density at radius 3 is 1.87 bits per heavy atom. The molecule has 0 aromatic heterocycles. The predicted molar refractivity (Wildman–Crippen MR) is 95.1 cm³/mol. The van der Waals surface area contributed by atoms with Crippen LogP contribution in [0.25, 0.3) is 0 Å². The minimum atomic E-state index is 0.0289. The Labute approximate surface area is 141 Å². The number of hydrogen-bond acceptors (Lipinski definition) is 1. The molecule has 0 saturated heterocycles. The van der Waals surface area contributed by atoms with Gasteiger partial charge in [-0.3, -0.25) is 4.79 Å². The van der Waals surface area contributed by atoms with Crippen molar-refractivity contribution in [2.75, 3.05) is 0 Å². The van der Waals surface area contributed by atoms with E-state index >= 15 is 0 Å². The summed E-state index contributed by atoms with van der Waals surface area (Å²) in [6.45, 7) is 0. The summed E-state index contributed by atoms with van der Waals surface area (Å²) >= 11 is 6.00. The molecule has 2 heteroatoms. The summed E-state index contributed by atoms with van der Waals surface area (Å²) in [6, 6.07) is 27.3. The van der Waals surface area contributed by atoms with E-state index in [4.69, 9.17) is 11.6 Å². The van der Waals surface area contributed by atoms with Crippen LogP contribution in [0.5, 0.6) is 0 Å². The van der Waals surface area contributed by atoms with Crippen LogP contribution in [0.1, 0.15) is 33.8 Å². The fourth-order valence-corrected chi connectivity index (χ4v) is 2.86. The highest BCUT2D eigenvalue weighted by molar-refractivity contribution is 6.30. The molecule has 0 unspecified atom stereocenters. The van der Waals surface area contributed by atoms with E-state index in [2.05, 4.69) is 12.1 Å². The van der Waals surface area contributed by atoms with Gasteiger partial charge in [-0.15, -0.1) is 0 Å². The smallest absolute Gasteiger partial charge is 0.163 e. The van der Waals surface area contributed by atoms with Gasteiger partial charge >= 0.3 is 0 Å². The molecule has 0 saturated carbocycles. The number of benzene rings is 3. The summed E-state index contributed by atoms with van der Waals surface area (Å²) in [5.41, 5.74) is 2.99. The Hall–Kier alpha value is -2.38. The Kier molecular flexibility index (Phi) is 4.89. The number of Topliss-reactive ketones (excluding diaryl/α,β-unsaturated/α-hetero) is 1. The van der Waals surface area contributed by atoms with Crippen molar-refractivity contribution in [1.82, 2.24) is 0 Å². The fraction of sp³-hybridized carbons (Fsp3) is 0.0952. The van der Waals surface area contributed by atoms with Gasteiger partial charge in [0.1, 0.15) is 0 Å². The number of carbonyl (C=O) groups is 1. The number of hydrogen-bond donors (Lipinski definition) is 0. The second kappa shape index (κ2) is 7.26. The van der Waals surface area contributed by atoms with Crippen LogP contribution < -0.4 is 0 Å². The molecule has 0 N–H and O–H groups in total. The molecule has 0 aliphatic rings. The van der Waals surface area contributed by atoms with Crippen LogP contribution in [0.4, 0.5) is 0 Å². The summed E-state index contributed by atoms with van der Waals surface area (Å²) in [6.07, 6.45) is 0.440. The second-order valence-corrected chi connectivity index (χ2v) is 5.94. The van der Waals surface area contributed by atoms with Crippen LogP contribution in [0, 0.1) is 0 Å². The fourth-order valence-electron chi connectivity index (χ4n) is 2.74. The van der Waals surface area contributed by atoms with E-state index < -0.39 is 0 Å². The van der Waals surface area contributed by atoms with Gasteiger partial charge in [0, 0.05) is 22.9 Å². The lowest BCUT2D eigenvalue weighted by Crippen LogP contribution is -2.09. The standard InChI is InChI=1S/C21H17ClO/c22-19-13-11-17(12-14-19)20(16-7-3-1-4-8-16)15-21(23)18-9-5-2-6-10-18/h1-14,20H,15H2/t20-/m0/s1. The van der Waals surface area contributed by atoms with Crippen LogP contribution in [0.2, 0.25) is 5.02 Å². The third-order valence-corrected chi connectivity index (χ3v) is 4.21. The largest absolute Gasteiger partial charge is 0.294 e. The third kappa shape index (κ3) is 3.88. The van der Waals surface area contributed by atoms with Crippen LogP contribution in [0.15, 0.2) is 84.9 Å². The van der Waals surface area contributed by atoms with Crippen molar-refractivity contribution < 1.29 is 4.79 Å². The molecule has 3 aromatic carbocycles. The first kappa shape index (κ1) is 15.5. The molecule has 0 aliphatic carbocycles. The van der Waals surface area contributed by atoms with E-state index in [9.17, 15) is 4.79 Å². The zero-order valence-corrected chi connectivity index (χ0v) is 13.4. The van der Waals surface area contributed by atoms with Crippen molar-refractivity contribution in [3.8, 4) is 0 Å². The first-order chi connectivity index (χ1) is 11.2. The van der Waals surface area contributed by atoms with E-state index in [0.29, 0.717) is 11.4 Å². The monoisotopic (exact) mass is 320 g/mol. The summed E-state index contributed by atoms with van der Waals surface area (Å²) in [5, 5.41) is 0.704. The van der Waals surface area contributed by atoms with E-state index in [0.717, 1.165) is 16.7 Å². The minimum absolute atomic E-state index is 0.0289. The normalized spacial score (nSPS) is 11.9. The number of carbonyl (C=O) groups excluding carboxylic acids is 1. The molecular formula is C21H17ClO. The molecule has 1 nitrogen and oxygen atoms in total. The maximum atomic E-state index is 12.6. The van der Waals surface area contributed by atoms with Crippen LogP contribution in [0.3, 0.4) is 0 Å². The molecule has 114 valence electrons. The van der Waals surface area contributed by atoms with Crippen molar-refractivity contribution >= 4 is 17.4 Å². The zero-order valence-electron chi connectivity index (χ0n) is 12.7. The number of ketones is 1. The molecular weight excluding hydrogens is 304 g/mol. The minimum Gasteiger partial charge on any atom is -0.294 e. The van der Waals surface area contributed by atoms with Gasteiger partial charge in [0.25, 0.3) is 0 Å². The molecule has 0 bridgehead atoms. The molecule has 0 spiro atoms. The van der Waals surface area contributed by atoms with Crippen molar-refractivity contribution in [1.29, 1.82) is 0 Å². The summed E-state index contributed by atoms with van der Waals surface area (Å²) in [5.74, 6) is 0.176. The Morgan fingerprint density at radius 2 is 1.26 bits per heavy atom. The number of halogens is 1. The maximum Gasteiger partial charge on any atom is 0.163 e. The highest BCUT2D eigenvalue weighted by Crippen LogP contribution is 2.30. The lowest BCUT2D eigenvalue weighted by atomic mass is 9.86. The average Bonchev–Trinajstić information content (AvgIpc) is 2.62. The molecule has 0 aliphatic heterocycles. The third-order valence-electron chi connectivity index (χ3n) is 3.96. The van der Waals surface area contributed by atoms with E-state index in [1.165, 1.54) is 0 Å². The van der Waals surface area contributed by atoms with Crippen molar-refractivity contribution in [2.24, 2.45) is 0 Å². The zero-order chi connectivity index (χ0) is 16.1. The van der Waals surface area contributed by atoms with Crippen LogP contribution in [-0.4, -0.2) is 5.78 Å². The van der Waals surface area contributed by atoms with Gasteiger partial charge in [0.2, 0.25) is 0 Å². The van der Waals surface area contributed by atoms with Gasteiger partial charge in [-0.25, -0.2) is 0 Å². The van der Waals surface area contributed by atoms with Gasteiger partial charge in [-0.2, -0.15) is 0 Å². The Morgan fingerprint density at radius 1 is 0.739 bits per heavy atom. The van der Waals surface area contributed by atoms with E-state index in [1.807, 2.05) is 72.8 Å². The predicted octanol–water partition coefficient (Wildman–Crippen LogP) is 5.74. The average molecular weight is 321 g/mol. The maximum absolute atomic E-state index is 12.6. The second-order valence-electron chi connectivity index (χ2n) is 5.51. The van der Waals surface area contributed by atoms with Crippen LogP contribution >= 0.6 is 11.6 Å². The first-order valence-electron chi connectivity index (χ1n) is 7.62. The van der Waals surface area contributed by atoms with Crippen molar-refractivity contribution in [3.63, 3.8) is 0 Å². The molecule has 0 fully saturated rings. The number of rotatable bonds is 5. The lowest BCUT2D eigenvalue weighted by Gasteiger charge is -2.17. The molecule has 3 aromatic rings. The highest BCUT2D eigenvalue weighted by atomic mass is 35.5. The molecule has 3 rings (SSSR count). The summed E-state index contributed by atoms with van der Waals surface area (Å²) in [4.78, 5) is 12.6. The van der Waals surface area contributed by atoms with E-state index in [1.54, 1.807) is 0 Å². The highest BCUT2D eigenvalue weighted by Gasteiger charge is 2.19. The first-order valence-corrected chi connectivity index (χ1v) is 8.00. The van der Waals surface area contributed by atoms with Crippen molar-refractivity contribution in [2.45, 2.75) is 12.3 Å². The van der Waals surface area contributed by atoms with Crippen molar-refractivity contribution in [3.05, 3.63) is 107 Å². The van der Waals surface area contributed by atoms with E-state index in [-0.39, 0.29) is 11.7 Å². The van der Waals surface area contributed by atoms with Gasteiger partial charge in [-0.1, -0.05) is 84.4 Å². The lowest BCUT2D eigenvalue weighted by molar-refractivity contribution is 0.0977. The quantitative estimate of drug-likeness (QED) is 0.547. The van der Waals surface area contributed by atoms with Crippen LogP contribution in [-0.2, 0) is 0 Å². The topological polar surface area (TPSA) is 17.1 Å². The molecule has 0 amide bonds. The molecule has 23 heavy (non-hydrogen) atoms. The Balaban J connectivity index is 1.93. The van der Waals surface area contributed by atoms with Gasteiger partial charge in [-0.05, 0) is 23.3 Å². The van der Waals surface area contributed by atoms with Gasteiger partial charge in [0.15, 0.2) is 5.78 Å². The molecule has 0 radical (unpaired) electrons. The molecule has 1 atom stereocenters. The summed E-state index contributed by atoms with van der Waals surface area (Å²) < 4.78 is 0.